The summed E-state index contributed by atoms with van der Waals surface area (Å²) in [5, 5.41) is 11.4. The van der Waals surface area contributed by atoms with Crippen molar-refractivity contribution in [3.05, 3.63) is 46.0 Å². The second kappa shape index (κ2) is 5.49. The Bertz CT molecular complexity index is 727. The molecule has 0 fully saturated rings. The van der Waals surface area contributed by atoms with E-state index < -0.39 is 28.6 Å². The van der Waals surface area contributed by atoms with Crippen molar-refractivity contribution in [1.29, 1.82) is 0 Å². The molecule has 1 amide bonds. The number of nitrogens with zero attached hydrogens (tertiary/aromatic N) is 2. The van der Waals surface area contributed by atoms with Gasteiger partial charge in [0.2, 0.25) is 5.91 Å². The van der Waals surface area contributed by atoms with Gasteiger partial charge in [-0.25, -0.2) is 0 Å². The molecule has 3 unspecified atom stereocenters. The van der Waals surface area contributed by atoms with Gasteiger partial charge < -0.3 is 9.64 Å². The molecule has 1 aliphatic carbocycles. The smallest absolute Gasteiger partial charge is 0.309 e. The summed E-state index contributed by atoms with van der Waals surface area (Å²) in [7, 11) is 2.86. The van der Waals surface area contributed by atoms with E-state index >= 15 is 0 Å². The van der Waals surface area contributed by atoms with Gasteiger partial charge in [-0.1, -0.05) is 18.2 Å². The van der Waals surface area contributed by atoms with Crippen LogP contribution < -0.4 is 4.90 Å². The van der Waals surface area contributed by atoms with Crippen molar-refractivity contribution in [2.75, 3.05) is 19.1 Å². The average Bonchev–Trinajstić information content (AvgIpc) is 2.57. The van der Waals surface area contributed by atoms with Gasteiger partial charge in [0.05, 0.1) is 35.1 Å². The Kier molecular flexibility index (Phi) is 3.63. The van der Waals surface area contributed by atoms with E-state index in [0.717, 1.165) is 0 Å². The molecule has 1 heterocycles. The number of fused-ring (bicyclic) bond motifs is 3. The van der Waals surface area contributed by atoms with E-state index in [1.54, 1.807) is 31.3 Å². The maximum Gasteiger partial charge on any atom is 0.309 e. The second-order valence-electron chi connectivity index (χ2n) is 5.71. The molecular formula is C16H16N2O5. The van der Waals surface area contributed by atoms with Crippen LogP contribution in [-0.4, -0.2) is 31.0 Å². The van der Waals surface area contributed by atoms with E-state index in [1.165, 1.54) is 18.1 Å². The number of nitro benzene ring substituents is 1. The molecule has 0 bridgehead atoms. The van der Waals surface area contributed by atoms with Gasteiger partial charge in [0.25, 0.3) is 5.69 Å². The van der Waals surface area contributed by atoms with Crippen LogP contribution in [0.2, 0.25) is 0 Å². The summed E-state index contributed by atoms with van der Waals surface area (Å²) in [5.74, 6) is -2.48. The quantitative estimate of drug-likeness (QED) is 0.360. The summed E-state index contributed by atoms with van der Waals surface area (Å²) in [5.41, 5.74) is 0.960. The Hall–Kier alpha value is -2.70. The predicted octanol–water partition coefficient (Wildman–Crippen LogP) is 2.02. The number of allylic oxidation sites excluding steroid dienone is 2. The summed E-state index contributed by atoms with van der Waals surface area (Å²) in [6.07, 6.45) is 3.98. The van der Waals surface area contributed by atoms with E-state index in [4.69, 9.17) is 4.74 Å². The fraction of sp³-hybridized carbons (Fsp3) is 0.375. The van der Waals surface area contributed by atoms with Crippen LogP contribution in [0.1, 0.15) is 17.9 Å². The number of carbonyl (C=O) groups excluding carboxylic acids is 2. The number of anilines is 1. The van der Waals surface area contributed by atoms with Crippen LogP contribution in [0, 0.1) is 22.0 Å². The zero-order chi connectivity index (χ0) is 16.7. The number of amides is 1. The van der Waals surface area contributed by atoms with Crippen molar-refractivity contribution < 1.29 is 19.2 Å². The monoisotopic (exact) mass is 316 g/mol. The fourth-order valence-corrected chi connectivity index (χ4v) is 3.56. The highest BCUT2D eigenvalue weighted by molar-refractivity contribution is 6.02. The number of hydrogen-bond donors (Lipinski definition) is 0. The lowest BCUT2D eigenvalue weighted by Crippen LogP contribution is -2.47. The standard InChI is InChI=1S/C16H16N2O5/c1-17-11-7-4-8-12(18(21)22)14(11)9-5-3-6-10(16(20)23-2)13(9)15(17)19/h3-5,7-10,13H,6H2,1-2H3. The topological polar surface area (TPSA) is 89.8 Å². The highest BCUT2D eigenvalue weighted by Crippen LogP contribution is 2.49. The Balaban J connectivity index is 2.20. The van der Waals surface area contributed by atoms with Crippen LogP contribution in [0.4, 0.5) is 11.4 Å². The normalized spacial score (nSPS) is 25.6. The summed E-state index contributed by atoms with van der Waals surface area (Å²) in [6, 6.07) is 4.67. The first-order valence-corrected chi connectivity index (χ1v) is 7.26. The Morgan fingerprint density at radius 2 is 2.17 bits per heavy atom. The maximum atomic E-state index is 12.7. The van der Waals surface area contributed by atoms with Crippen LogP contribution in [0.5, 0.6) is 0 Å². The molecule has 3 atom stereocenters. The number of esters is 1. The van der Waals surface area contributed by atoms with Gasteiger partial charge in [-0.05, 0) is 12.5 Å². The molecule has 2 aliphatic rings. The summed E-state index contributed by atoms with van der Waals surface area (Å²) >= 11 is 0. The van der Waals surface area contributed by atoms with Gasteiger partial charge in [0.15, 0.2) is 0 Å². The molecule has 0 saturated carbocycles. The number of hydrogen-bond acceptors (Lipinski definition) is 5. The van der Waals surface area contributed by atoms with Crippen molar-refractivity contribution >= 4 is 23.3 Å². The van der Waals surface area contributed by atoms with Crippen LogP contribution in [0.3, 0.4) is 0 Å². The molecule has 0 N–H and O–H groups in total. The zero-order valence-corrected chi connectivity index (χ0v) is 12.8. The minimum atomic E-state index is -0.675. The molecule has 120 valence electrons. The van der Waals surface area contributed by atoms with Crippen molar-refractivity contribution in [2.45, 2.75) is 12.3 Å². The number of rotatable bonds is 2. The molecule has 1 aliphatic heterocycles. The van der Waals surface area contributed by atoms with Crippen LogP contribution in [0.25, 0.3) is 0 Å². The van der Waals surface area contributed by atoms with Crippen LogP contribution in [0.15, 0.2) is 30.4 Å². The third kappa shape index (κ3) is 2.19. The lowest BCUT2D eigenvalue weighted by molar-refractivity contribution is -0.385. The van der Waals surface area contributed by atoms with Crippen molar-refractivity contribution in [3.63, 3.8) is 0 Å². The molecule has 0 radical (unpaired) electrons. The molecule has 1 aromatic rings. The highest BCUT2D eigenvalue weighted by atomic mass is 16.6. The zero-order valence-electron chi connectivity index (χ0n) is 12.8. The van der Waals surface area contributed by atoms with Crippen molar-refractivity contribution in [1.82, 2.24) is 0 Å². The van der Waals surface area contributed by atoms with Crippen molar-refractivity contribution in [2.24, 2.45) is 11.8 Å². The third-order valence-corrected chi connectivity index (χ3v) is 4.62. The van der Waals surface area contributed by atoms with Crippen LogP contribution in [-0.2, 0) is 14.3 Å². The molecule has 7 nitrogen and oxygen atoms in total. The van der Waals surface area contributed by atoms with E-state index in [1.807, 2.05) is 0 Å². The van der Waals surface area contributed by atoms with Gasteiger partial charge in [-0.2, -0.15) is 0 Å². The van der Waals surface area contributed by atoms with E-state index in [9.17, 15) is 19.7 Å². The Labute approximate surface area is 132 Å². The second-order valence-corrected chi connectivity index (χ2v) is 5.71. The third-order valence-electron chi connectivity index (χ3n) is 4.62. The van der Waals surface area contributed by atoms with Gasteiger partial charge >= 0.3 is 5.97 Å². The molecule has 1 aromatic carbocycles. The lowest BCUT2D eigenvalue weighted by Gasteiger charge is -2.40. The average molecular weight is 316 g/mol. The number of methoxy groups -OCH3 is 1. The Morgan fingerprint density at radius 3 is 2.83 bits per heavy atom. The van der Waals surface area contributed by atoms with E-state index in [2.05, 4.69) is 0 Å². The van der Waals surface area contributed by atoms with Crippen LogP contribution >= 0.6 is 0 Å². The highest BCUT2D eigenvalue weighted by Gasteiger charge is 2.48. The largest absolute Gasteiger partial charge is 0.469 e. The predicted molar refractivity (Wildman–Crippen MR) is 82.0 cm³/mol. The van der Waals surface area contributed by atoms with Gasteiger partial charge in [-0.3, -0.25) is 19.7 Å². The summed E-state index contributed by atoms with van der Waals surface area (Å²) in [4.78, 5) is 37.1. The molecule has 7 heteroatoms. The first-order valence-electron chi connectivity index (χ1n) is 7.26. The van der Waals surface area contributed by atoms with Gasteiger partial charge in [0, 0.05) is 19.0 Å². The number of nitro groups is 1. The lowest BCUT2D eigenvalue weighted by atomic mass is 9.69. The Morgan fingerprint density at radius 1 is 1.43 bits per heavy atom. The molecule has 0 aromatic heterocycles. The minimum absolute atomic E-state index is 0.0352. The van der Waals surface area contributed by atoms with Crippen molar-refractivity contribution in [3.8, 4) is 0 Å². The number of benzene rings is 1. The first-order chi connectivity index (χ1) is 11.0. The summed E-state index contributed by atoms with van der Waals surface area (Å²) in [6.45, 7) is 0. The first kappa shape index (κ1) is 15.2. The maximum absolute atomic E-state index is 12.7. The van der Waals surface area contributed by atoms with Gasteiger partial charge in [0.1, 0.15) is 0 Å². The summed E-state index contributed by atoms with van der Waals surface area (Å²) < 4.78 is 4.81. The molecule has 3 rings (SSSR count). The number of carbonyl (C=O) groups is 2. The molecular weight excluding hydrogens is 300 g/mol. The van der Waals surface area contributed by atoms with E-state index in [0.29, 0.717) is 17.7 Å². The molecule has 0 saturated heterocycles. The number of ether oxygens (including phenoxy) is 1. The molecule has 0 spiro atoms. The molecule has 23 heavy (non-hydrogen) atoms. The van der Waals surface area contributed by atoms with Gasteiger partial charge in [-0.15, -0.1) is 0 Å². The fourth-order valence-electron chi connectivity index (χ4n) is 3.56. The van der Waals surface area contributed by atoms with E-state index in [-0.39, 0.29) is 11.6 Å². The SMILES string of the molecule is COC(=O)C1CC=CC2c3c(cccc3[N+](=O)[O-])N(C)C(=O)C12. The minimum Gasteiger partial charge on any atom is -0.469 e.